The van der Waals surface area contributed by atoms with Crippen LogP contribution in [0.25, 0.3) is 0 Å². The summed E-state index contributed by atoms with van der Waals surface area (Å²) in [5, 5.41) is 12.1. The Morgan fingerprint density at radius 2 is 1.57 bits per heavy atom. The minimum Gasteiger partial charge on any atom is -0.473 e. The van der Waals surface area contributed by atoms with Crippen LogP contribution in [0.3, 0.4) is 0 Å². The van der Waals surface area contributed by atoms with Crippen molar-refractivity contribution >= 4 is 26.5 Å². The zero-order valence-corrected chi connectivity index (χ0v) is 11.7. The number of rotatable bonds is 3. The van der Waals surface area contributed by atoms with E-state index in [4.69, 9.17) is 4.42 Å². The Hall–Kier alpha value is -0.326. The first-order chi connectivity index (χ1) is 6.29. The topological polar surface area (TPSA) is 33.4 Å². The largest absolute Gasteiger partial charge is 0.473 e. The summed E-state index contributed by atoms with van der Waals surface area (Å²) in [5.74, 6) is 0. The van der Waals surface area contributed by atoms with E-state index in [1.807, 2.05) is 12.5 Å². The molecule has 0 fully saturated rings. The first-order valence-electron chi connectivity index (χ1n) is 4.97. The van der Waals surface area contributed by atoms with Crippen molar-refractivity contribution in [1.29, 1.82) is 0 Å². The summed E-state index contributed by atoms with van der Waals surface area (Å²) in [6, 6.07) is 0. The van der Waals surface area contributed by atoms with Crippen LogP contribution in [0.2, 0.25) is 32.7 Å². The van der Waals surface area contributed by atoms with Crippen molar-refractivity contribution in [3.05, 3.63) is 12.5 Å². The van der Waals surface area contributed by atoms with Crippen molar-refractivity contribution in [2.45, 2.75) is 32.7 Å². The monoisotopic (exact) mass is 228 g/mol. The molecule has 0 amide bonds. The Balaban J connectivity index is 3.18. The van der Waals surface area contributed by atoms with Crippen LogP contribution >= 0.6 is 0 Å². The zero-order chi connectivity index (χ0) is 11.0. The molecule has 1 rings (SSSR count). The van der Waals surface area contributed by atoms with Gasteiger partial charge in [-0.1, -0.05) is 32.7 Å². The SMILES string of the molecule is C[Si](C)(C)c1cocc1[Si](C)(C)CO. The van der Waals surface area contributed by atoms with Gasteiger partial charge in [0, 0.05) is 6.23 Å². The van der Waals surface area contributed by atoms with Crippen molar-refractivity contribution in [2.24, 2.45) is 0 Å². The van der Waals surface area contributed by atoms with E-state index in [0.717, 1.165) is 0 Å². The van der Waals surface area contributed by atoms with E-state index in [9.17, 15) is 5.11 Å². The minimum atomic E-state index is -1.66. The highest BCUT2D eigenvalue weighted by atomic mass is 28.3. The predicted octanol–water partition coefficient (Wildman–Crippen LogP) is 1.27. The summed E-state index contributed by atoms with van der Waals surface area (Å²) < 4.78 is 5.32. The molecule has 0 aromatic carbocycles. The quantitative estimate of drug-likeness (QED) is 0.791. The molecule has 0 aliphatic heterocycles. The van der Waals surface area contributed by atoms with Crippen LogP contribution in [0, 0.1) is 0 Å². The highest BCUT2D eigenvalue weighted by Gasteiger charge is 2.32. The number of aliphatic hydroxyl groups is 1. The summed E-state index contributed by atoms with van der Waals surface area (Å²) in [4.78, 5) is 0. The predicted molar refractivity (Wildman–Crippen MR) is 65.9 cm³/mol. The molecule has 1 aromatic heterocycles. The van der Waals surface area contributed by atoms with E-state index in [1.165, 1.54) is 10.4 Å². The molecule has 0 saturated heterocycles. The van der Waals surface area contributed by atoms with Crippen LogP contribution in [-0.2, 0) is 0 Å². The molecule has 0 saturated carbocycles. The van der Waals surface area contributed by atoms with E-state index >= 15 is 0 Å². The van der Waals surface area contributed by atoms with Gasteiger partial charge in [0.2, 0.25) is 0 Å². The minimum absolute atomic E-state index is 0.296. The van der Waals surface area contributed by atoms with Crippen molar-refractivity contribution in [1.82, 2.24) is 0 Å². The number of furan rings is 1. The second kappa shape index (κ2) is 3.68. The first kappa shape index (κ1) is 11.7. The van der Waals surface area contributed by atoms with Gasteiger partial charge in [0.25, 0.3) is 0 Å². The fourth-order valence-corrected chi connectivity index (χ4v) is 6.26. The lowest BCUT2D eigenvalue weighted by Gasteiger charge is -2.24. The van der Waals surface area contributed by atoms with Crippen LogP contribution in [0.4, 0.5) is 0 Å². The third kappa shape index (κ3) is 2.18. The third-order valence-corrected chi connectivity index (χ3v) is 7.48. The van der Waals surface area contributed by atoms with Gasteiger partial charge in [0.15, 0.2) is 0 Å². The lowest BCUT2D eigenvalue weighted by molar-refractivity contribution is 0.360. The molecular weight excluding hydrogens is 208 g/mol. The van der Waals surface area contributed by atoms with E-state index in [1.54, 1.807) is 0 Å². The van der Waals surface area contributed by atoms with Crippen LogP contribution in [0.1, 0.15) is 0 Å². The average Bonchev–Trinajstić information content (AvgIpc) is 2.51. The molecule has 14 heavy (non-hydrogen) atoms. The van der Waals surface area contributed by atoms with Gasteiger partial charge in [-0.05, 0) is 10.4 Å². The smallest absolute Gasteiger partial charge is 0.113 e. The zero-order valence-electron chi connectivity index (χ0n) is 9.72. The molecule has 0 aliphatic rings. The van der Waals surface area contributed by atoms with Crippen molar-refractivity contribution in [2.75, 3.05) is 6.23 Å². The Bertz CT molecular complexity index is 310. The third-order valence-electron chi connectivity index (χ3n) is 2.59. The molecule has 80 valence electrons. The van der Waals surface area contributed by atoms with Crippen molar-refractivity contribution in [3.8, 4) is 0 Å². The summed E-state index contributed by atoms with van der Waals surface area (Å²) in [5.41, 5.74) is 0. The van der Waals surface area contributed by atoms with Gasteiger partial charge in [0.05, 0.1) is 20.6 Å². The van der Waals surface area contributed by atoms with Gasteiger partial charge < -0.3 is 9.52 Å². The molecule has 0 bridgehead atoms. The fourth-order valence-electron chi connectivity index (χ4n) is 1.49. The molecule has 0 spiro atoms. The van der Waals surface area contributed by atoms with E-state index in [0.29, 0.717) is 6.23 Å². The number of aliphatic hydroxyl groups excluding tert-OH is 1. The summed E-state index contributed by atoms with van der Waals surface area (Å²) >= 11 is 0. The molecule has 2 nitrogen and oxygen atoms in total. The summed E-state index contributed by atoms with van der Waals surface area (Å²) in [6.45, 7) is 11.3. The number of hydrogen-bond acceptors (Lipinski definition) is 2. The molecular formula is C10H20O2Si2. The standard InChI is InChI=1S/C10H20O2Si2/c1-13(2,3)9-6-12-7-10(9)14(4,5)8-11/h6-7,11H,8H2,1-5H3. The lowest BCUT2D eigenvalue weighted by atomic mass is 10.6. The van der Waals surface area contributed by atoms with Gasteiger partial charge in [-0.3, -0.25) is 0 Å². The van der Waals surface area contributed by atoms with E-state index < -0.39 is 16.1 Å². The van der Waals surface area contributed by atoms with Crippen molar-refractivity contribution in [3.63, 3.8) is 0 Å². The molecule has 0 unspecified atom stereocenters. The molecule has 0 radical (unpaired) electrons. The Morgan fingerprint density at radius 3 is 2.00 bits per heavy atom. The maximum absolute atomic E-state index is 9.39. The molecule has 4 heteroatoms. The average molecular weight is 228 g/mol. The maximum atomic E-state index is 9.39. The van der Waals surface area contributed by atoms with Crippen LogP contribution in [0.15, 0.2) is 16.9 Å². The van der Waals surface area contributed by atoms with Crippen LogP contribution in [-0.4, -0.2) is 27.5 Å². The van der Waals surface area contributed by atoms with Crippen LogP contribution in [0.5, 0.6) is 0 Å². The Labute approximate surface area is 88.0 Å². The second-order valence-corrected chi connectivity index (χ2v) is 15.2. The van der Waals surface area contributed by atoms with Gasteiger partial charge in [-0.25, -0.2) is 0 Å². The van der Waals surface area contributed by atoms with Gasteiger partial charge in [0.1, 0.15) is 8.07 Å². The van der Waals surface area contributed by atoms with E-state index in [2.05, 4.69) is 32.7 Å². The molecule has 1 aromatic rings. The molecule has 1 heterocycles. The summed E-state index contributed by atoms with van der Waals surface area (Å²) in [7, 11) is -2.98. The van der Waals surface area contributed by atoms with Gasteiger partial charge >= 0.3 is 0 Å². The van der Waals surface area contributed by atoms with Crippen molar-refractivity contribution < 1.29 is 9.52 Å². The lowest BCUT2D eigenvalue weighted by Crippen LogP contribution is -2.57. The van der Waals surface area contributed by atoms with Gasteiger partial charge in [-0.2, -0.15) is 0 Å². The molecule has 1 N–H and O–H groups in total. The maximum Gasteiger partial charge on any atom is 0.113 e. The van der Waals surface area contributed by atoms with Gasteiger partial charge in [-0.15, -0.1) is 0 Å². The number of hydrogen-bond donors (Lipinski definition) is 1. The second-order valence-electron chi connectivity index (χ2n) is 5.49. The Kier molecular flexibility index (Phi) is 3.08. The van der Waals surface area contributed by atoms with E-state index in [-0.39, 0.29) is 0 Å². The molecule has 0 atom stereocenters. The van der Waals surface area contributed by atoms with Crippen LogP contribution < -0.4 is 10.4 Å². The fraction of sp³-hybridized carbons (Fsp3) is 0.600. The first-order valence-corrected chi connectivity index (χ1v) is 11.7. The normalized spacial score (nSPS) is 13.3. The summed E-state index contributed by atoms with van der Waals surface area (Å²) in [6.07, 6.45) is 4.02. The molecule has 0 aliphatic carbocycles. The highest BCUT2D eigenvalue weighted by molar-refractivity contribution is 6.98. The Morgan fingerprint density at radius 1 is 1.07 bits per heavy atom. The highest BCUT2D eigenvalue weighted by Crippen LogP contribution is 2.07.